The Hall–Kier alpha value is -2.04. The maximum Gasteiger partial charge on any atom is 0.312 e. The smallest absolute Gasteiger partial charge is 0.312 e. The highest BCUT2D eigenvalue weighted by molar-refractivity contribution is 5.82. The van der Waals surface area contributed by atoms with E-state index >= 15 is 0 Å². The van der Waals surface area contributed by atoms with Crippen LogP contribution in [0.5, 0.6) is 0 Å². The maximum absolute atomic E-state index is 13.0. The third-order valence-electron chi connectivity index (χ3n) is 2.42. The fraction of sp³-hybridized carbons (Fsp3) is 0.182. The predicted octanol–water partition coefficient (Wildman–Crippen LogP) is 2.05. The molecule has 1 aromatic carbocycles. The van der Waals surface area contributed by atoms with Gasteiger partial charge in [-0.25, -0.2) is 9.18 Å². The fourth-order valence-corrected chi connectivity index (χ4v) is 1.58. The van der Waals surface area contributed by atoms with Crippen molar-refractivity contribution in [2.75, 3.05) is 0 Å². The second kappa shape index (κ2) is 3.84. The molecule has 5 heteroatoms. The lowest BCUT2D eigenvalue weighted by atomic mass is 10.1. The van der Waals surface area contributed by atoms with E-state index < -0.39 is 6.03 Å². The highest BCUT2D eigenvalue weighted by Crippen LogP contribution is 2.25. The van der Waals surface area contributed by atoms with Crippen LogP contribution in [0.15, 0.2) is 22.6 Å². The fourth-order valence-electron chi connectivity index (χ4n) is 1.58. The van der Waals surface area contributed by atoms with E-state index in [9.17, 15) is 9.18 Å². The molecule has 0 atom stereocenters. The first-order valence-electron chi connectivity index (χ1n) is 4.79. The highest BCUT2D eigenvalue weighted by Gasteiger charge is 2.11. The van der Waals surface area contributed by atoms with Crippen LogP contribution in [0.1, 0.15) is 11.3 Å². The van der Waals surface area contributed by atoms with E-state index in [0.717, 1.165) is 5.56 Å². The average molecular weight is 222 g/mol. The summed E-state index contributed by atoms with van der Waals surface area (Å²) in [6.07, 6.45) is 0. The summed E-state index contributed by atoms with van der Waals surface area (Å²) in [6, 6.07) is 3.68. The number of amides is 2. The minimum absolute atomic E-state index is 0.206. The van der Waals surface area contributed by atoms with Crippen LogP contribution in [-0.4, -0.2) is 6.03 Å². The molecule has 0 aliphatic carbocycles. The Morgan fingerprint density at radius 2 is 2.31 bits per heavy atom. The average Bonchev–Trinajstić information content (AvgIpc) is 2.53. The molecule has 2 rings (SSSR count). The standard InChI is InChI=1S/C11H11FN2O2/c1-6-8-4-7(12)2-3-9(8)16-10(6)5-14-11(13)15/h2-4H,5H2,1H3,(H3,13,14,15). The molecule has 0 bridgehead atoms. The molecule has 4 nitrogen and oxygen atoms in total. The number of primary amides is 1. The molecule has 0 aliphatic rings. The molecule has 0 spiro atoms. The van der Waals surface area contributed by atoms with Gasteiger partial charge in [-0.15, -0.1) is 0 Å². The van der Waals surface area contributed by atoms with E-state index in [0.29, 0.717) is 16.7 Å². The van der Waals surface area contributed by atoms with Gasteiger partial charge in [-0.2, -0.15) is 0 Å². The summed E-state index contributed by atoms with van der Waals surface area (Å²) in [5, 5.41) is 3.14. The van der Waals surface area contributed by atoms with Crippen molar-refractivity contribution in [1.29, 1.82) is 0 Å². The van der Waals surface area contributed by atoms with Crippen LogP contribution in [0, 0.1) is 12.7 Å². The summed E-state index contributed by atoms with van der Waals surface area (Å²) in [5.74, 6) is 0.269. The van der Waals surface area contributed by atoms with Crippen LogP contribution in [-0.2, 0) is 6.54 Å². The number of furan rings is 1. The first-order valence-corrected chi connectivity index (χ1v) is 4.79. The number of halogens is 1. The van der Waals surface area contributed by atoms with Crippen LogP contribution in [0.4, 0.5) is 9.18 Å². The lowest BCUT2D eigenvalue weighted by Gasteiger charge is -1.98. The van der Waals surface area contributed by atoms with Gasteiger partial charge in [0.2, 0.25) is 0 Å². The first-order chi connectivity index (χ1) is 7.58. The van der Waals surface area contributed by atoms with Crippen molar-refractivity contribution in [1.82, 2.24) is 5.32 Å². The van der Waals surface area contributed by atoms with Crippen LogP contribution >= 0.6 is 0 Å². The van der Waals surface area contributed by atoms with Crippen LogP contribution < -0.4 is 11.1 Å². The number of carbonyl (C=O) groups is 1. The van der Waals surface area contributed by atoms with Gasteiger partial charge in [0, 0.05) is 10.9 Å². The van der Waals surface area contributed by atoms with E-state index in [-0.39, 0.29) is 12.4 Å². The monoisotopic (exact) mass is 222 g/mol. The van der Waals surface area contributed by atoms with E-state index in [4.69, 9.17) is 10.2 Å². The van der Waals surface area contributed by atoms with Crippen molar-refractivity contribution in [3.8, 4) is 0 Å². The van der Waals surface area contributed by atoms with Gasteiger partial charge in [0.05, 0.1) is 6.54 Å². The van der Waals surface area contributed by atoms with Crippen molar-refractivity contribution in [2.45, 2.75) is 13.5 Å². The SMILES string of the molecule is Cc1c(CNC(N)=O)oc2ccc(F)cc12. The molecule has 1 heterocycles. The number of aryl methyl sites for hydroxylation is 1. The Kier molecular flexibility index (Phi) is 2.52. The van der Waals surface area contributed by atoms with Gasteiger partial charge >= 0.3 is 6.03 Å². The highest BCUT2D eigenvalue weighted by atomic mass is 19.1. The molecule has 0 fully saturated rings. The van der Waals surface area contributed by atoms with Crippen molar-refractivity contribution in [2.24, 2.45) is 5.73 Å². The molecule has 16 heavy (non-hydrogen) atoms. The van der Waals surface area contributed by atoms with E-state index in [2.05, 4.69) is 5.32 Å². The third-order valence-corrected chi connectivity index (χ3v) is 2.42. The summed E-state index contributed by atoms with van der Waals surface area (Å²) in [6.45, 7) is 2.01. The number of nitrogens with two attached hydrogens (primary N) is 1. The summed E-state index contributed by atoms with van der Waals surface area (Å²) in [4.78, 5) is 10.6. The van der Waals surface area contributed by atoms with Gasteiger partial charge in [0.15, 0.2) is 0 Å². The van der Waals surface area contributed by atoms with Crippen molar-refractivity contribution >= 4 is 17.0 Å². The van der Waals surface area contributed by atoms with Crippen molar-refractivity contribution in [3.05, 3.63) is 35.3 Å². The molecule has 2 amide bonds. The lowest BCUT2D eigenvalue weighted by molar-refractivity contribution is 0.247. The molecule has 84 valence electrons. The molecular formula is C11H11FN2O2. The Balaban J connectivity index is 2.40. The van der Waals surface area contributed by atoms with Crippen LogP contribution in [0.25, 0.3) is 11.0 Å². The number of fused-ring (bicyclic) bond motifs is 1. The van der Waals surface area contributed by atoms with Gasteiger partial charge in [0.25, 0.3) is 0 Å². The molecule has 0 unspecified atom stereocenters. The third kappa shape index (κ3) is 1.84. The molecular weight excluding hydrogens is 211 g/mol. The number of benzene rings is 1. The molecule has 0 saturated carbocycles. The molecule has 0 radical (unpaired) electrons. The Morgan fingerprint density at radius 1 is 1.56 bits per heavy atom. The van der Waals surface area contributed by atoms with E-state index in [1.165, 1.54) is 12.1 Å². The molecule has 0 aliphatic heterocycles. The largest absolute Gasteiger partial charge is 0.459 e. The summed E-state index contributed by atoms with van der Waals surface area (Å²) in [7, 11) is 0. The van der Waals surface area contributed by atoms with Gasteiger partial charge in [-0.3, -0.25) is 0 Å². The van der Waals surface area contributed by atoms with Gasteiger partial charge < -0.3 is 15.5 Å². The predicted molar refractivity (Wildman–Crippen MR) is 57.3 cm³/mol. The zero-order valence-electron chi connectivity index (χ0n) is 8.71. The number of urea groups is 1. The summed E-state index contributed by atoms with van der Waals surface area (Å²) >= 11 is 0. The minimum Gasteiger partial charge on any atom is -0.459 e. The quantitative estimate of drug-likeness (QED) is 0.816. The normalized spacial score (nSPS) is 10.6. The molecule has 1 aromatic heterocycles. The zero-order valence-corrected chi connectivity index (χ0v) is 8.71. The Bertz CT molecular complexity index is 548. The van der Waals surface area contributed by atoms with Crippen LogP contribution in [0.2, 0.25) is 0 Å². The van der Waals surface area contributed by atoms with Gasteiger partial charge in [-0.1, -0.05) is 0 Å². The lowest BCUT2D eigenvalue weighted by Crippen LogP contribution is -2.28. The Morgan fingerprint density at radius 3 is 3.00 bits per heavy atom. The number of hydrogen-bond donors (Lipinski definition) is 2. The summed E-state index contributed by atoms with van der Waals surface area (Å²) in [5.41, 5.74) is 6.36. The second-order valence-corrected chi connectivity index (χ2v) is 3.51. The number of rotatable bonds is 2. The summed E-state index contributed by atoms with van der Waals surface area (Å²) < 4.78 is 18.5. The number of hydrogen-bond acceptors (Lipinski definition) is 2. The molecule has 3 N–H and O–H groups in total. The topological polar surface area (TPSA) is 68.3 Å². The number of carbonyl (C=O) groups excluding carboxylic acids is 1. The zero-order chi connectivity index (χ0) is 11.7. The minimum atomic E-state index is -0.619. The van der Waals surface area contributed by atoms with Gasteiger partial charge in [-0.05, 0) is 25.1 Å². The number of nitrogens with one attached hydrogen (secondary N) is 1. The first kappa shape index (κ1) is 10.5. The van der Waals surface area contributed by atoms with E-state index in [1.807, 2.05) is 6.92 Å². The molecule has 0 saturated heterocycles. The van der Waals surface area contributed by atoms with Crippen LogP contribution in [0.3, 0.4) is 0 Å². The van der Waals surface area contributed by atoms with E-state index in [1.54, 1.807) is 6.07 Å². The van der Waals surface area contributed by atoms with Gasteiger partial charge in [0.1, 0.15) is 17.2 Å². The second-order valence-electron chi connectivity index (χ2n) is 3.51. The van der Waals surface area contributed by atoms with Crippen molar-refractivity contribution in [3.63, 3.8) is 0 Å². The maximum atomic E-state index is 13.0. The molecule has 2 aromatic rings. The Labute approximate surface area is 91.2 Å². The van der Waals surface area contributed by atoms with Crippen molar-refractivity contribution < 1.29 is 13.6 Å².